The number of oxazole rings is 1. The highest BCUT2D eigenvalue weighted by molar-refractivity contribution is 7.17. The summed E-state index contributed by atoms with van der Waals surface area (Å²) in [4.78, 5) is 22.0. The Morgan fingerprint density at radius 1 is 1.28 bits per heavy atom. The average molecular weight is 417 g/mol. The summed E-state index contributed by atoms with van der Waals surface area (Å²) in [5, 5.41) is 2.89. The Labute approximate surface area is 171 Å². The molecule has 3 aromatic rings. The molecule has 0 bridgehead atoms. The number of nitrogens with zero attached hydrogens (tertiary/aromatic N) is 2. The van der Waals surface area contributed by atoms with Crippen LogP contribution in [0.2, 0.25) is 0 Å². The number of halogens is 2. The van der Waals surface area contributed by atoms with Crippen molar-refractivity contribution in [3.8, 4) is 21.9 Å². The van der Waals surface area contributed by atoms with Gasteiger partial charge in [0.05, 0.1) is 22.8 Å². The SMILES string of the molecule is Cc1nc(C(=O)NC2CC(F)CCCC2F)sc1-c1cccc(-c2ncco2)c1. The third kappa shape index (κ3) is 4.37. The van der Waals surface area contributed by atoms with Crippen molar-refractivity contribution in [2.24, 2.45) is 0 Å². The van der Waals surface area contributed by atoms with E-state index in [1.807, 2.05) is 31.2 Å². The molecule has 152 valence electrons. The van der Waals surface area contributed by atoms with Crippen LogP contribution in [0.15, 0.2) is 41.1 Å². The van der Waals surface area contributed by atoms with Gasteiger partial charge in [-0.15, -0.1) is 11.3 Å². The van der Waals surface area contributed by atoms with Crippen LogP contribution in [-0.2, 0) is 0 Å². The summed E-state index contributed by atoms with van der Waals surface area (Å²) in [6.07, 6.45) is 1.87. The van der Waals surface area contributed by atoms with Gasteiger partial charge in [0.1, 0.15) is 18.6 Å². The van der Waals surface area contributed by atoms with E-state index in [1.54, 1.807) is 6.20 Å². The number of thiazole rings is 1. The standard InChI is InChI=1S/C21H21F2N3O2S/c1-12-18(13-4-2-5-14(10-13)20-24-8-9-28-20)29-21(25-12)19(27)26-17-11-15(22)6-3-7-16(17)23/h2,4-5,8-10,15-17H,3,6-7,11H2,1H3,(H,26,27). The second-order valence-electron chi connectivity index (χ2n) is 7.21. The molecule has 0 radical (unpaired) electrons. The van der Waals surface area contributed by atoms with Gasteiger partial charge in [0, 0.05) is 12.0 Å². The Kier molecular flexibility index (Phi) is 5.71. The minimum atomic E-state index is -1.24. The first-order valence-electron chi connectivity index (χ1n) is 9.58. The zero-order valence-electron chi connectivity index (χ0n) is 15.9. The fourth-order valence-electron chi connectivity index (χ4n) is 3.58. The maximum Gasteiger partial charge on any atom is 0.280 e. The Hall–Kier alpha value is -2.61. The average Bonchev–Trinajstić information content (AvgIpc) is 3.34. The van der Waals surface area contributed by atoms with E-state index in [9.17, 15) is 13.6 Å². The minimum Gasteiger partial charge on any atom is -0.445 e. The summed E-state index contributed by atoms with van der Waals surface area (Å²) in [6.45, 7) is 1.82. The third-order valence-corrected chi connectivity index (χ3v) is 6.26. The zero-order chi connectivity index (χ0) is 20.4. The van der Waals surface area contributed by atoms with E-state index in [4.69, 9.17) is 4.42 Å². The predicted molar refractivity (Wildman–Crippen MR) is 107 cm³/mol. The van der Waals surface area contributed by atoms with Gasteiger partial charge in [-0.1, -0.05) is 12.1 Å². The van der Waals surface area contributed by atoms with E-state index in [1.165, 1.54) is 17.6 Å². The summed E-state index contributed by atoms with van der Waals surface area (Å²) >= 11 is 1.23. The van der Waals surface area contributed by atoms with Crippen LogP contribution in [0.4, 0.5) is 8.78 Å². The van der Waals surface area contributed by atoms with E-state index in [-0.39, 0.29) is 17.8 Å². The first-order chi connectivity index (χ1) is 14.0. The van der Waals surface area contributed by atoms with Crippen LogP contribution < -0.4 is 5.32 Å². The molecular formula is C21H21F2N3O2S. The minimum absolute atomic E-state index is 0.00230. The highest BCUT2D eigenvalue weighted by Gasteiger charge is 2.30. The molecule has 1 amide bonds. The molecule has 29 heavy (non-hydrogen) atoms. The molecule has 0 saturated heterocycles. The van der Waals surface area contributed by atoms with Crippen LogP contribution in [0.1, 0.15) is 41.2 Å². The summed E-state index contributed by atoms with van der Waals surface area (Å²) in [6, 6.07) is 6.80. The highest BCUT2D eigenvalue weighted by atomic mass is 32.1. The van der Waals surface area contributed by atoms with Crippen molar-refractivity contribution in [2.75, 3.05) is 0 Å². The molecule has 1 aliphatic rings. The Bertz CT molecular complexity index is 990. The molecule has 0 spiro atoms. The van der Waals surface area contributed by atoms with Crippen molar-refractivity contribution >= 4 is 17.2 Å². The molecule has 1 fully saturated rings. The summed E-state index contributed by atoms with van der Waals surface area (Å²) in [5.41, 5.74) is 2.40. The lowest BCUT2D eigenvalue weighted by atomic mass is 10.1. The number of hydrogen-bond donors (Lipinski definition) is 1. The maximum absolute atomic E-state index is 14.3. The molecule has 0 aliphatic heterocycles. The topological polar surface area (TPSA) is 68.0 Å². The van der Waals surface area contributed by atoms with Crippen LogP contribution in [0, 0.1) is 6.92 Å². The number of benzene rings is 1. The van der Waals surface area contributed by atoms with Crippen LogP contribution in [0.3, 0.4) is 0 Å². The van der Waals surface area contributed by atoms with Crippen molar-refractivity contribution in [1.29, 1.82) is 0 Å². The zero-order valence-corrected chi connectivity index (χ0v) is 16.7. The van der Waals surface area contributed by atoms with E-state index in [0.29, 0.717) is 24.4 Å². The van der Waals surface area contributed by atoms with E-state index < -0.39 is 24.3 Å². The van der Waals surface area contributed by atoms with E-state index >= 15 is 0 Å². The molecule has 1 aromatic carbocycles. The molecular weight excluding hydrogens is 396 g/mol. The van der Waals surface area contributed by atoms with Crippen LogP contribution in [0.5, 0.6) is 0 Å². The molecule has 1 N–H and O–H groups in total. The summed E-state index contributed by atoms with van der Waals surface area (Å²) in [7, 11) is 0. The van der Waals surface area contributed by atoms with Crippen LogP contribution in [0.25, 0.3) is 21.9 Å². The number of carbonyl (C=O) groups is 1. The van der Waals surface area contributed by atoms with Crippen molar-refractivity contribution in [1.82, 2.24) is 15.3 Å². The molecule has 5 nitrogen and oxygen atoms in total. The van der Waals surface area contributed by atoms with Gasteiger partial charge >= 0.3 is 0 Å². The van der Waals surface area contributed by atoms with Crippen LogP contribution >= 0.6 is 11.3 Å². The highest BCUT2D eigenvalue weighted by Crippen LogP contribution is 2.33. The van der Waals surface area contributed by atoms with Crippen LogP contribution in [-0.4, -0.2) is 34.3 Å². The molecule has 3 unspecified atom stereocenters. The van der Waals surface area contributed by atoms with Gasteiger partial charge in [-0.3, -0.25) is 4.79 Å². The monoisotopic (exact) mass is 417 g/mol. The number of alkyl halides is 2. The molecule has 3 atom stereocenters. The van der Waals surface area contributed by atoms with Crippen molar-refractivity contribution in [3.05, 3.63) is 47.4 Å². The van der Waals surface area contributed by atoms with Crippen molar-refractivity contribution < 1.29 is 18.0 Å². The summed E-state index contributed by atoms with van der Waals surface area (Å²) < 4.78 is 33.4. The lowest BCUT2D eigenvalue weighted by Gasteiger charge is -2.20. The fourth-order valence-corrected chi connectivity index (χ4v) is 4.54. The lowest BCUT2D eigenvalue weighted by molar-refractivity contribution is 0.0896. The predicted octanol–water partition coefficient (Wildman–Crippen LogP) is 5.12. The van der Waals surface area contributed by atoms with Gasteiger partial charge in [0.2, 0.25) is 5.89 Å². The number of nitrogens with one attached hydrogen (secondary N) is 1. The first kappa shape index (κ1) is 19.7. The molecule has 4 rings (SSSR count). The number of aromatic nitrogens is 2. The van der Waals surface area contributed by atoms with Crippen molar-refractivity contribution in [2.45, 2.75) is 51.0 Å². The normalized spacial score (nSPS) is 22.2. The maximum atomic E-state index is 14.3. The summed E-state index contributed by atoms with van der Waals surface area (Å²) in [5.74, 6) is 0.0464. The first-order valence-corrected chi connectivity index (χ1v) is 10.4. The molecule has 8 heteroatoms. The van der Waals surface area contributed by atoms with Gasteiger partial charge in [0.15, 0.2) is 5.01 Å². The molecule has 2 heterocycles. The van der Waals surface area contributed by atoms with Gasteiger partial charge in [0.25, 0.3) is 5.91 Å². The quantitative estimate of drug-likeness (QED) is 0.598. The van der Waals surface area contributed by atoms with Crippen molar-refractivity contribution in [3.63, 3.8) is 0 Å². The molecule has 1 aliphatic carbocycles. The van der Waals surface area contributed by atoms with Gasteiger partial charge in [-0.2, -0.15) is 0 Å². The smallest absolute Gasteiger partial charge is 0.280 e. The third-order valence-electron chi connectivity index (χ3n) is 5.05. The van der Waals surface area contributed by atoms with Gasteiger partial charge in [-0.05, 0) is 43.9 Å². The van der Waals surface area contributed by atoms with E-state index in [2.05, 4.69) is 15.3 Å². The van der Waals surface area contributed by atoms with E-state index in [0.717, 1.165) is 16.0 Å². The molecule has 2 aromatic heterocycles. The lowest BCUT2D eigenvalue weighted by Crippen LogP contribution is -2.42. The number of amides is 1. The second kappa shape index (κ2) is 8.41. The van der Waals surface area contributed by atoms with Gasteiger partial charge in [-0.25, -0.2) is 18.7 Å². The number of rotatable bonds is 4. The Morgan fingerprint density at radius 3 is 2.90 bits per heavy atom. The van der Waals surface area contributed by atoms with Gasteiger partial charge < -0.3 is 9.73 Å². The Morgan fingerprint density at radius 2 is 2.10 bits per heavy atom. The number of carbonyl (C=O) groups excluding carboxylic acids is 1. The number of hydrogen-bond acceptors (Lipinski definition) is 5. The fraction of sp³-hybridized carbons (Fsp3) is 0.381. The number of aryl methyl sites for hydroxylation is 1. The largest absolute Gasteiger partial charge is 0.445 e. The Balaban J connectivity index is 1.55. The second-order valence-corrected chi connectivity index (χ2v) is 8.21. The molecule has 1 saturated carbocycles.